The van der Waals surface area contributed by atoms with Gasteiger partial charge < -0.3 is 0 Å². The molecule has 106 valence electrons. The lowest BCUT2D eigenvalue weighted by atomic mass is 9.83. The molecule has 1 aliphatic rings. The summed E-state index contributed by atoms with van der Waals surface area (Å²) in [5.41, 5.74) is 1.94. The van der Waals surface area contributed by atoms with Gasteiger partial charge in [-0.2, -0.15) is 0 Å². The second-order valence-electron chi connectivity index (χ2n) is 6.57. The Kier molecular flexibility index (Phi) is 4.62. The standard InChI is InChI=1S/C17H26FN/c1-12(2)15-8-13(3)9-19(10-15)11-16-14(4)6-5-7-17(16)18/h5-7,12-13,15H,8-11H2,1-4H3. The Morgan fingerprint density at radius 1 is 1.32 bits per heavy atom. The predicted molar refractivity (Wildman–Crippen MR) is 78.5 cm³/mol. The van der Waals surface area contributed by atoms with Gasteiger partial charge in [-0.15, -0.1) is 0 Å². The number of halogens is 1. The average Bonchev–Trinajstić information content (AvgIpc) is 2.33. The third-order valence-corrected chi connectivity index (χ3v) is 4.45. The van der Waals surface area contributed by atoms with E-state index in [-0.39, 0.29) is 5.82 Å². The van der Waals surface area contributed by atoms with Gasteiger partial charge in [-0.1, -0.05) is 32.9 Å². The summed E-state index contributed by atoms with van der Waals surface area (Å²) in [7, 11) is 0. The Balaban J connectivity index is 2.10. The van der Waals surface area contributed by atoms with E-state index in [4.69, 9.17) is 0 Å². The van der Waals surface area contributed by atoms with Crippen LogP contribution in [-0.4, -0.2) is 18.0 Å². The highest BCUT2D eigenvalue weighted by molar-refractivity contribution is 5.27. The van der Waals surface area contributed by atoms with E-state index in [0.717, 1.165) is 36.7 Å². The molecule has 0 aliphatic carbocycles. The quantitative estimate of drug-likeness (QED) is 0.788. The molecule has 0 saturated carbocycles. The number of aryl methyl sites for hydroxylation is 1. The van der Waals surface area contributed by atoms with Crippen LogP contribution >= 0.6 is 0 Å². The molecule has 19 heavy (non-hydrogen) atoms. The van der Waals surface area contributed by atoms with Gasteiger partial charge in [0.15, 0.2) is 0 Å². The smallest absolute Gasteiger partial charge is 0.127 e. The molecular weight excluding hydrogens is 237 g/mol. The van der Waals surface area contributed by atoms with Gasteiger partial charge in [-0.3, -0.25) is 4.90 Å². The van der Waals surface area contributed by atoms with Crippen LogP contribution in [-0.2, 0) is 6.54 Å². The maximum Gasteiger partial charge on any atom is 0.127 e. The van der Waals surface area contributed by atoms with Crippen molar-refractivity contribution in [1.29, 1.82) is 0 Å². The van der Waals surface area contributed by atoms with E-state index in [1.54, 1.807) is 12.1 Å². The fourth-order valence-electron chi connectivity index (χ4n) is 3.22. The number of likely N-dealkylation sites (tertiary alicyclic amines) is 1. The van der Waals surface area contributed by atoms with Crippen LogP contribution in [0, 0.1) is 30.5 Å². The number of rotatable bonds is 3. The average molecular weight is 263 g/mol. The maximum absolute atomic E-state index is 13.9. The van der Waals surface area contributed by atoms with E-state index >= 15 is 0 Å². The Morgan fingerprint density at radius 3 is 2.68 bits per heavy atom. The van der Waals surface area contributed by atoms with Crippen molar-refractivity contribution in [3.63, 3.8) is 0 Å². The lowest BCUT2D eigenvalue weighted by Crippen LogP contribution is -2.41. The van der Waals surface area contributed by atoms with Crippen molar-refractivity contribution in [2.24, 2.45) is 17.8 Å². The lowest BCUT2D eigenvalue weighted by molar-refractivity contribution is 0.100. The van der Waals surface area contributed by atoms with Crippen LogP contribution in [0.15, 0.2) is 18.2 Å². The summed E-state index contributed by atoms with van der Waals surface area (Å²) >= 11 is 0. The first-order valence-corrected chi connectivity index (χ1v) is 7.43. The molecule has 2 unspecified atom stereocenters. The van der Waals surface area contributed by atoms with Gasteiger partial charge in [-0.25, -0.2) is 4.39 Å². The van der Waals surface area contributed by atoms with Crippen LogP contribution in [0.25, 0.3) is 0 Å². The first-order chi connectivity index (χ1) is 8.97. The van der Waals surface area contributed by atoms with Gasteiger partial charge in [0, 0.05) is 25.2 Å². The number of hydrogen-bond acceptors (Lipinski definition) is 1. The van der Waals surface area contributed by atoms with Crippen molar-refractivity contribution < 1.29 is 4.39 Å². The zero-order valence-electron chi connectivity index (χ0n) is 12.6. The van der Waals surface area contributed by atoms with Crippen molar-refractivity contribution in [3.8, 4) is 0 Å². The van der Waals surface area contributed by atoms with Gasteiger partial charge in [-0.05, 0) is 42.7 Å². The molecule has 1 nitrogen and oxygen atoms in total. The number of piperidine rings is 1. The Bertz CT molecular complexity index is 407. The summed E-state index contributed by atoms with van der Waals surface area (Å²) in [6.07, 6.45) is 1.31. The topological polar surface area (TPSA) is 3.24 Å². The molecule has 1 heterocycles. The molecule has 0 amide bonds. The van der Waals surface area contributed by atoms with E-state index < -0.39 is 0 Å². The second-order valence-corrected chi connectivity index (χ2v) is 6.57. The van der Waals surface area contributed by atoms with Crippen molar-refractivity contribution in [1.82, 2.24) is 4.90 Å². The molecule has 2 atom stereocenters. The van der Waals surface area contributed by atoms with Crippen molar-refractivity contribution in [2.75, 3.05) is 13.1 Å². The molecule has 0 radical (unpaired) electrons. The molecule has 0 aromatic heterocycles. The van der Waals surface area contributed by atoms with E-state index in [1.807, 2.05) is 13.0 Å². The largest absolute Gasteiger partial charge is 0.298 e. The molecule has 0 bridgehead atoms. The van der Waals surface area contributed by atoms with Gasteiger partial charge in [0.05, 0.1) is 0 Å². The molecule has 2 rings (SSSR count). The highest BCUT2D eigenvalue weighted by atomic mass is 19.1. The molecule has 2 heteroatoms. The second kappa shape index (κ2) is 6.04. The monoisotopic (exact) mass is 263 g/mol. The molecule has 0 spiro atoms. The first-order valence-electron chi connectivity index (χ1n) is 7.43. The first kappa shape index (κ1) is 14.5. The molecule has 1 aliphatic heterocycles. The molecule has 1 fully saturated rings. The number of hydrogen-bond donors (Lipinski definition) is 0. The summed E-state index contributed by atoms with van der Waals surface area (Å²) in [5.74, 6) is 2.12. The summed E-state index contributed by atoms with van der Waals surface area (Å²) in [6.45, 7) is 11.9. The normalized spacial score (nSPS) is 24.9. The van der Waals surface area contributed by atoms with E-state index in [0.29, 0.717) is 11.8 Å². The summed E-state index contributed by atoms with van der Waals surface area (Å²) in [6, 6.07) is 5.38. The lowest BCUT2D eigenvalue weighted by Gasteiger charge is -2.38. The summed E-state index contributed by atoms with van der Waals surface area (Å²) in [4.78, 5) is 2.43. The van der Waals surface area contributed by atoms with E-state index in [9.17, 15) is 4.39 Å². The zero-order chi connectivity index (χ0) is 14.0. The van der Waals surface area contributed by atoms with Gasteiger partial charge >= 0.3 is 0 Å². The van der Waals surface area contributed by atoms with Crippen molar-refractivity contribution >= 4 is 0 Å². The molecular formula is C17H26FN. The fraction of sp³-hybridized carbons (Fsp3) is 0.647. The molecule has 1 saturated heterocycles. The highest BCUT2D eigenvalue weighted by Gasteiger charge is 2.27. The third-order valence-electron chi connectivity index (χ3n) is 4.45. The highest BCUT2D eigenvalue weighted by Crippen LogP contribution is 2.28. The minimum Gasteiger partial charge on any atom is -0.298 e. The van der Waals surface area contributed by atoms with Crippen molar-refractivity contribution in [2.45, 2.75) is 40.7 Å². The van der Waals surface area contributed by atoms with Gasteiger partial charge in [0.1, 0.15) is 5.82 Å². The third kappa shape index (κ3) is 3.56. The fourth-order valence-corrected chi connectivity index (χ4v) is 3.22. The maximum atomic E-state index is 13.9. The van der Waals surface area contributed by atoms with E-state index in [2.05, 4.69) is 25.7 Å². The SMILES string of the molecule is Cc1cccc(F)c1CN1CC(C)CC(C(C)C)C1. The Hall–Kier alpha value is -0.890. The van der Waals surface area contributed by atoms with Gasteiger partial charge in [0.2, 0.25) is 0 Å². The van der Waals surface area contributed by atoms with Gasteiger partial charge in [0.25, 0.3) is 0 Å². The van der Waals surface area contributed by atoms with Crippen LogP contribution in [0.5, 0.6) is 0 Å². The minimum atomic E-state index is -0.0562. The van der Waals surface area contributed by atoms with Crippen LogP contribution in [0.4, 0.5) is 4.39 Å². The number of benzene rings is 1. The number of nitrogens with zero attached hydrogens (tertiary/aromatic N) is 1. The van der Waals surface area contributed by atoms with E-state index in [1.165, 1.54) is 6.42 Å². The minimum absolute atomic E-state index is 0.0562. The molecule has 1 aromatic rings. The zero-order valence-corrected chi connectivity index (χ0v) is 12.6. The van der Waals surface area contributed by atoms with Crippen LogP contribution in [0.2, 0.25) is 0 Å². The Labute approximate surface area is 116 Å². The molecule has 1 aromatic carbocycles. The molecule has 0 N–H and O–H groups in total. The summed E-state index contributed by atoms with van der Waals surface area (Å²) in [5, 5.41) is 0. The Morgan fingerprint density at radius 2 is 2.05 bits per heavy atom. The van der Waals surface area contributed by atoms with Crippen molar-refractivity contribution in [3.05, 3.63) is 35.1 Å². The van der Waals surface area contributed by atoms with Crippen LogP contribution < -0.4 is 0 Å². The predicted octanol–water partition coefficient (Wildman–Crippen LogP) is 4.25. The summed E-state index contributed by atoms with van der Waals surface area (Å²) < 4.78 is 13.9. The van der Waals surface area contributed by atoms with Crippen LogP contribution in [0.3, 0.4) is 0 Å². The van der Waals surface area contributed by atoms with Crippen LogP contribution in [0.1, 0.15) is 38.3 Å².